The molecule has 0 spiro atoms. The third kappa shape index (κ3) is 4.16. The lowest BCUT2D eigenvalue weighted by atomic mass is 10.1. The summed E-state index contributed by atoms with van der Waals surface area (Å²) in [6.45, 7) is 2.02. The molecule has 2 unspecified atom stereocenters. The summed E-state index contributed by atoms with van der Waals surface area (Å²) in [5.41, 5.74) is 8.45. The highest BCUT2D eigenvalue weighted by Gasteiger charge is 2.20. The van der Waals surface area contributed by atoms with E-state index in [0.717, 1.165) is 27.7 Å². The van der Waals surface area contributed by atoms with Crippen molar-refractivity contribution in [3.63, 3.8) is 0 Å². The highest BCUT2D eigenvalue weighted by Crippen LogP contribution is 2.39. The van der Waals surface area contributed by atoms with Gasteiger partial charge >= 0.3 is 0 Å². The third-order valence-electron chi connectivity index (χ3n) is 3.30. The van der Waals surface area contributed by atoms with Crippen LogP contribution >= 0.6 is 23.4 Å². The Morgan fingerprint density at radius 3 is 2.48 bits per heavy atom. The van der Waals surface area contributed by atoms with E-state index in [4.69, 9.17) is 22.1 Å². The smallest absolute Gasteiger partial charge is 0.123 e. The van der Waals surface area contributed by atoms with Crippen molar-refractivity contribution < 1.29 is 4.74 Å². The van der Waals surface area contributed by atoms with Gasteiger partial charge in [0.25, 0.3) is 0 Å². The van der Waals surface area contributed by atoms with Crippen molar-refractivity contribution >= 4 is 23.4 Å². The second kappa shape index (κ2) is 7.74. The minimum Gasteiger partial charge on any atom is -0.496 e. The summed E-state index contributed by atoms with van der Waals surface area (Å²) >= 11 is 8.01. The van der Waals surface area contributed by atoms with Crippen molar-refractivity contribution in [3.05, 3.63) is 64.7 Å². The van der Waals surface area contributed by atoms with E-state index < -0.39 is 0 Å². The van der Waals surface area contributed by atoms with Gasteiger partial charge in [0.2, 0.25) is 0 Å². The van der Waals surface area contributed by atoms with Crippen molar-refractivity contribution in [2.75, 3.05) is 7.11 Å². The molecule has 0 aliphatic carbocycles. The molecule has 2 N–H and O–H groups in total. The first kappa shape index (κ1) is 16.2. The van der Waals surface area contributed by atoms with Gasteiger partial charge in [-0.05, 0) is 24.6 Å². The first-order chi connectivity index (χ1) is 10.1. The van der Waals surface area contributed by atoms with Gasteiger partial charge in [0, 0.05) is 27.6 Å². The third-order valence-corrected chi connectivity index (χ3v) is 5.19. The zero-order valence-corrected chi connectivity index (χ0v) is 13.8. The maximum Gasteiger partial charge on any atom is 0.123 e. The van der Waals surface area contributed by atoms with Gasteiger partial charge in [0.1, 0.15) is 5.75 Å². The Labute approximate surface area is 135 Å². The van der Waals surface area contributed by atoms with E-state index in [2.05, 4.69) is 12.1 Å². The molecule has 112 valence electrons. The zero-order valence-electron chi connectivity index (χ0n) is 12.3. The van der Waals surface area contributed by atoms with E-state index in [1.807, 2.05) is 43.3 Å². The molecule has 2 atom stereocenters. The van der Waals surface area contributed by atoms with E-state index in [1.54, 1.807) is 18.9 Å². The number of hydrogen-bond donors (Lipinski definition) is 1. The molecule has 0 heterocycles. The number of methoxy groups -OCH3 is 1. The van der Waals surface area contributed by atoms with Gasteiger partial charge in [-0.3, -0.25) is 0 Å². The molecule has 2 rings (SSSR count). The topological polar surface area (TPSA) is 35.2 Å². The Hall–Kier alpha value is -1.16. The van der Waals surface area contributed by atoms with E-state index >= 15 is 0 Å². The fraction of sp³-hybridized carbons (Fsp3) is 0.294. The van der Waals surface area contributed by atoms with Crippen molar-refractivity contribution in [2.24, 2.45) is 5.73 Å². The van der Waals surface area contributed by atoms with Gasteiger partial charge in [0.05, 0.1) is 7.11 Å². The van der Waals surface area contributed by atoms with Crippen LogP contribution in [-0.2, 0) is 5.75 Å². The van der Waals surface area contributed by atoms with Crippen LogP contribution in [0.15, 0.2) is 48.5 Å². The van der Waals surface area contributed by atoms with Gasteiger partial charge < -0.3 is 10.5 Å². The first-order valence-corrected chi connectivity index (χ1v) is 8.29. The minimum absolute atomic E-state index is 0.0220. The second-order valence-corrected chi connectivity index (χ2v) is 6.46. The highest BCUT2D eigenvalue weighted by atomic mass is 35.5. The molecule has 0 fully saturated rings. The quantitative estimate of drug-likeness (QED) is 0.839. The van der Waals surface area contributed by atoms with Gasteiger partial charge in [0.15, 0.2) is 0 Å². The van der Waals surface area contributed by atoms with Crippen LogP contribution in [0.25, 0.3) is 0 Å². The second-order valence-electron chi connectivity index (χ2n) is 4.92. The van der Waals surface area contributed by atoms with E-state index in [1.165, 1.54) is 0 Å². The fourth-order valence-corrected chi connectivity index (χ4v) is 3.79. The minimum atomic E-state index is 0.0220. The zero-order chi connectivity index (χ0) is 15.2. The molecule has 0 aliphatic heterocycles. The van der Waals surface area contributed by atoms with Crippen LogP contribution < -0.4 is 10.5 Å². The molecule has 0 saturated heterocycles. The maximum absolute atomic E-state index is 6.22. The number of halogens is 1. The average molecular weight is 322 g/mol. The van der Waals surface area contributed by atoms with E-state index in [-0.39, 0.29) is 11.3 Å². The summed E-state index contributed by atoms with van der Waals surface area (Å²) in [5, 5.41) is 0.964. The highest BCUT2D eigenvalue weighted by molar-refractivity contribution is 7.98. The number of nitrogens with two attached hydrogens (primary N) is 1. The number of ether oxygens (including phenoxy) is 1. The predicted octanol–water partition coefficient (Wildman–Crippen LogP) is 4.67. The number of para-hydroxylation sites is 1. The molecule has 0 amide bonds. The van der Waals surface area contributed by atoms with Crippen molar-refractivity contribution in [1.29, 1.82) is 0 Å². The van der Waals surface area contributed by atoms with Crippen molar-refractivity contribution in [2.45, 2.75) is 24.0 Å². The Kier molecular flexibility index (Phi) is 5.97. The lowest BCUT2D eigenvalue weighted by Gasteiger charge is -2.23. The summed E-state index contributed by atoms with van der Waals surface area (Å²) in [4.78, 5) is 0. The Morgan fingerprint density at radius 1 is 1.14 bits per heavy atom. The fourth-order valence-electron chi connectivity index (χ4n) is 2.22. The number of rotatable bonds is 6. The molecule has 0 saturated carbocycles. The molecule has 2 aromatic rings. The number of hydrogen-bond acceptors (Lipinski definition) is 3. The maximum atomic E-state index is 6.22. The van der Waals surface area contributed by atoms with Crippen molar-refractivity contribution in [3.8, 4) is 5.75 Å². The molecule has 0 aromatic heterocycles. The molecule has 0 radical (unpaired) electrons. The molecule has 0 bridgehead atoms. The standard InChI is InChI=1S/C17H20ClNOS/c1-12(19)17(14-8-4-6-10-16(14)20-2)21-11-13-7-3-5-9-15(13)18/h3-10,12,17H,11,19H2,1-2H3. The predicted molar refractivity (Wildman–Crippen MR) is 92.1 cm³/mol. The van der Waals surface area contributed by atoms with Crippen molar-refractivity contribution in [1.82, 2.24) is 0 Å². The van der Waals surface area contributed by atoms with Gasteiger partial charge in [-0.2, -0.15) is 0 Å². The number of thioether (sulfide) groups is 1. The largest absolute Gasteiger partial charge is 0.496 e. The molecule has 4 heteroatoms. The lowest BCUT2D eigenvalue weighted by molar-refractivity contribution is 0.408. The van der Waals surface area contributed by atoms with E-state index in [9.17, 15) is 0 Å². The van der Waals surface area contributed by atoms with Gasteiger partial charge in [-0.25, -0.2) is 0 Å². The molecule has 2 aromatic carbocycles. The summed E-state index contributed by atoms with van der Waals surface area (Å²) < 4.78 is 5.46. The normalized spacial score (nSPS) is 13.7. The van der Waals surface area contributed by atoms with Crippen LogP contribution in [0.5, 0.6) is 5.75 Å². The number of benzene rings is 2. The Balaban J connectivity index is 2.19. The Bertz CT molecular complexity index is 589. The summed E-state index contributed by atoms with van der Waals surface area (Å²) in [6.07, 6.45) is 0. The molecule has 2 nitrogen and oxygen atoms in total. The Morgan fingerprint density at radius 2 is 1.81 bits per heavy atom. The molecule has 21 heavy (non-hydrogen) atoms. The molecular formula is C17H20ClNOS. The van der Waals surface area contributed by atoms with Crippen LogP contribution in [0.2, 0.25) is 5.02 Å². The molecular weight excluding hydrogens is 302 g/mol. The van der Waals surface area contributed by atoms with Gasteiger partial charge in [-0.1, -0.05) is 48.0 Å². The van der Waals surface area contributed by atoms with Crippen LogP contribution in [0.4, 0.5) is 0 Å². The van der Waals surface area contributed by atoms with Crippen LogP contribution in [-0.4, -0.2) is 13.2 Å². The van der Waals surface area contributed by atoms with E-state index in [0.29, 0.717) is 0 Å². The SMILES string of the molecule is COc1ccccc1C(SCc1ccccc1Cl)C(C)N. The van der Waals surface area contributed by atoms with Gasteiger partial charge in [-0.15, -0.1) is 11.8 Å². The first-order valence-electron chi connectivity index (χ1n) is 6.87. The summed E-state index contributed by atoms with van der Waals surface area (Å²) in [5.74, 6) is 1.70. The van der Waals surface area contributed by atoms with Crippen LogP contribution in [0.1, 0.15) is 23.3 Å². The van der Waals surface area contributed by atoms with Crippen LogP contribution in [0, 0.1) is 0 Å². The summed E-state index contributed by atoms with van der Waals surface area (Å²) in [6, 6.07) is 16.0. The summed E-state index contributed by atoms with van der Waals surface area (Å²) in [7, 11) is 1.69. The molecule has 0 aliphatic rings. The van der Waals surface area contributed by atoms with Crippen LogP contribution in [0.3, 0.4) is 0 Å². The average Bonchev–Trinajstić information content (AvgIpc) is 2.49. The lowest BCUT2D eigenvalue weighted by Crippen LogP contribution is -2.23. The monoisotopic (exact) mass is 321 g/mol.